The third-order valence-electron chi connectivity index (χ3n) is 11.6. The highest BCUT2D eigenvalue weighted by Crippen LogP contribution is 2.41. The van der Waals surface area contributed by atoms with Gasteiger partial charge in [0, 0.05) is 38.5 Å². The number of cyclic esters (lactones) is 1. The van der Waals surface area contributed by atoms with E-state index in [0.29, 0.717) is 12.0 Å². The molecule has 0 aromatic rings. The summed E-state index contributed by atoms with van der Waals surface area (Å²) in [6, 6.07) is -0.260. The van der Waals surface area contributed by atoms with Crippen molar-refractivity contribution in [3.8, 4) is 0 Å². The standard InChI is InChI=1S/C38H67NO12/c1-15-27-36(8,44)17-20(2)29(40)21(3)18-38(10,46-14)33(51-35-30(41)26(39(11)12)16-22(4)47-35)23(5)31(24(6)34(43)49-27)50-28-19-37(9,45-13)32(42)25(7)48-28/h17,21-28,30-33,35,41-42,44H,15-16,18-19H2,1-14H3/b20-17+/t21-,22-,23+,24-,25+,26+,27-,28-,30-,31+,32+,33-,35+,36+,37-,38-/m1/s1. The molecule has 2 saturated heterocycles. The van der Waals surface area contributed by atoms with E-state index in [9.17, 15) is 24.9 Å². The van der Waals surface area contributed by atoms with E-state index in [1.54, 1.807) is 41.5 Å². The predicted molar refractivity (Wildman–Crippen MR) is 190 cm³/mol. The molecule has 13 heteroatoms. The highest BCUT2D eigenvalue weighted by molar-refractivity contribution is 5.96. The molecular formula is C38H67NO12. The Kier molecular flexibility index (Phi) is 14.9. The van der Waals surface area contributed by atoms with Crippen LogP contribution in [0, 0.1) is 17.8 Å². The first kappa shape index (κ1) is 43.9. The van der Waals surface area contributed by atoms with Crippen LogP contribution < -0.4 is 0 Å². The molecule has 0 saturated carbocycles. The number of hydrogen-bond acceptors (Lipinski definition) is 13. The summed E-state index contributed by atoms with van der Waals surface area (Å²) in [5.41, 5.74) is -3.50. The minimum Gasteiger partial charge on any atom is -0.459 e. The van der Waals surface area contributed by atoms with E-state index in [4.69, 9.17) is 33.2 Å². The summed E-state index contributed by atoms with van der Waals surface area (Å²) in [7, 11) is 6.84. The average molecular weight is 730 g/mol. The van der Waals surface area contributed by atoms with Gasteiger partial charge in [-0.25, -0.2) is 0 Å². The molecule has 3 N–H and O–H groups in total. The molecule has 0 spiro atoms. The number of rotatable bonds is 8. The number of esters is 1. The fraction of sp³-hybridized carbons (Fsp3) is 0.895. The summed E-state index contributed by atoms with van der Waals surface area (Å²) >= 11 is 0. The Labute approximate surface area is 305 Å². The first-order chi connectivity index (χ1) is 23.5. The van der Waals surface area contributed by atoms with Crippen LogP contribution in [0.15, 0.2) is 11.6 Å². The molecule has 0 unspecified atom stereocenters. The van der Waals surface area contributed by atoms with E-state index in [-0.39, 0.29) is 37.2 Å². The lowest BCUT2D eigenvalue weighted by atomic mass is 9.76. The number of nitrogens with zero attached hydrogens (tertiary/aromatic N) is 1. The monoisotopic (exact) mass is 729 g/mol. The topological polar surface area (TPSA) is 163 Å². The van der Waals surface area contributed by atoms with Crippen molar-refractivity contribution in [2.45, 2.75) is 173 Å². The van der Waals surface area contributed by atoms with Crippen LogP contribution in [0.5, 0.6) is 0 Å². The zero-order valence-corrected chi connectivity index (χ0v) is 33.4. The molecule has 0 bridgehead atoms. The van der Waals surface area contributed by atoms with Crippen molar-refractivity contribution in [3.05, 3.63) is 11.6 Å². The molecule has 2 fully saturated rings. The van der Waals surface area contributed by atoms with Gasteiger partial charge >= 0.3 is 5.97 Å². The fourth-order valence-corrected chi connectivity index (χ4v) is 8.27. The number of aliphatic hydroxyl groups excluding tert-OH is 2. The third kappa shape index (κ3) is 9.78. The predicted octanol–water partition coefficient (Wildman–Crippen LogP) is 3.39. The van der Waals surface area contributed by atoms with Crippen LogP contribution in [0.2, 0.25) is 0 Å². The average Bonchev–Trinajstić information content (AvgIpc) is 3.06. The molecule has 0 aromatic heterocycles. The van der Waals surface area contributed by atoms with Crippen LogP contribution in [0.1, 0.15) is 94.9 Å². The lowest BCUT2D eigenvalue weighted by molar-refractivity contribution is -0.319. The Morgan fingerprint density at radius 3 is 2.10 bits per heavy atom. The van der Waals surface area contributed by atoms with Gasteiger partial charge in [-0.3, -0.25) is 9.59 Å². The second-order valence-electron chi connectivity index (χ2n) is 16.2. The number of hydrogen-bond donors (Lipinski definition) is 3. The maximum absolute atomic E-state index is 14.1. The number of ether oxygens (including phenoxy) is 7. The van der Waals surface area contributed by atoms with E-state index >= 15 is 0 Å². The molecule has 296 valence electrons. The number of ketones is 1. The Balaban J connectivity index is 2.22. The number of carbonyl (C=O) groups is 2. The van der Waals surface area contributed by atoms with E-state index < -0.39 is 89.7 Å². The van der Waals surface area contributed by atoms with Crippen molar-refractivity contribution in [2.24, 2.45) is 17.8 Å². The van der Waals surface area contributed by atoms with Crippen molar-refractivity contribution < 1.29 is 58.1 Å². The summed E-state index contributed by atoms with van der Waals surface area (Å²) in [4.78, 5) is 29.9. The van der Waals surface area contributed by atoms with Crippen LogP contribution in [0.4, 0.5) is 0 Å². The molecule has 3 heterocycles. The maximum atomic E-state index is 14.1. The van der Waals surface area contributed by atoms with E-state index in [1.165, 1.54) is 27.2 Å². The van der Waals surface area contributed by atoms with Gasteiger partial charge in [-0.2, -0.15) is 0 Å². The largest absolute Gasteiger partial charge is 0.459 e. The molecule has 3 aliphatic rings. The molecule has 13 nitrogen and oxygen atoms in total. The number of Topliss-reactive ketones (excluding diaryl/α,β-unsaturated/α-hetero) is 1. The van der Waals surface area contributed by atoms with Gasteiger partial charge in [0.05, 0.1) is 41.5 Å². The van der Waals surface area contributed by atoms with Crippen LogP contribution in [-0.2, 0) is 42.7 Å². The summed E-state index contributed by atoms with van der Waals surface area (Å²) in [5.74, 6) is -3.03. The minimum atomic E-state index is -1.64. The molecule has 3 aliphatic heterocycles. The van der Waals surface area contributed by atoms with Gasteiger partial charge in [0.1, 0.15) is 23.9 Å². The molecule has 0 radical (unpaired) electrons. The maximum Gasteiger partial charge on any atom is 0.311 e. The van der Waals surface area contributed by atoms with Gasteiger partial charge in [-0.1, -0.05) is 20.8 Å². The number of allylic oxidation sites excluding steroid dienone is 1. The van der Waals surface area contributed by atoms with Crippen molar-refractivity contribution in [2.75, 3.05) is 28.3 Å². The normalized spacial score (nSPS) is 47.7. The summed E-state index contributed by atoms with van der Waals surface area (Å²) in [5, 5.41) is 34.0. The Morgan fingerprint density at radius 1 is 0.941 bits per heavy atom. The molecule has 0 aliphatic carbocycles. The minimum absolute atomic E-state index is 0.154. The number of likely N-dealkylation sites (N-methyl/N-ethyl adjacent to an activating group) is 1. The Bertz CT molecular complexity index is 1210. The first-order valence-electron chi connectivity index (χ1n) is 18.5. The second-order valence-corrected chi connectivity index (χ2v) is 16.2. The van der Waals surface area contributed by atoms with Crippen LogP contribution in [0.3, 0.4) is 0 Å². The van der Waals surface area contributed by atoms with Gasteiger partial charge < -0.3 is 53.4 Å². The highest BCUT2D eigenvalue weighted by atomic mass is 16.7. The molecule has 0 aromatic carbocycles. The number of carbonyl (C=O) groups excluding carboxylic acids is 2. The van der Waals surface area contributed by atoms with Gasteiger partial charge in [-0.05, 0) is 93.5 Å². The van der Waals surface area contributed by atoms with Gasteiger partial charge in [0.25, 0.3) is 0 Å². The van der Waals surface area contributed by atoms with Crippen molar-refractivity contribution in [1.29, 1.82) is 0 Å². The Morgan fingerprint density at radius 2 is 1.55 bits per heavy atom. The second kappa shape index (κ2) is 17.3. The molecular weight excluding hydrogens is 662 g/mol. The molecule has 16 atom stereocenters. The number of methoxy groups -OCH3 is 2. The van der Waals surface area contributed by atoms with E-state index in [2.05, 4.69) is 0 Å². The number of aliphatic hydroxyl groups is 3. The van der Waals surface area contributed by atoms with Crippen molar-refractivity contribution >= 4 is 11.8 Å². The van der Waals surface area contributed by atoms with Crippen molar-refractivity contribution in [1.82, 2.24) is 4.90 Å². The quantitative estimate of drug-likeness (QED) is 0.312. The fourth-order valence-electron chi connectivity index (χ4n) is 8.27. The smallest absolute Gasteiger partial charge is 0.311 e. The van der Waals surface area contributed by atoms with Crippen LogP contribution in [0.25, 0.3) is 0 Å². The van der Waals surface area contributed by atoms with Gasteiger partial charge in [0.2, 0.25) is 0 Å². The van der Waals surface area contributed by atoms with Gasteiger partial charge in [0.15, 0.2) is 18.4 Å². The van der Waals surface area contributed by atoms with Crippen LogP contribution in [-0.4, -0.2) is 138 Å². The lowest BCUT2D eigenvalue weighted by Crippen LogP contribution is -2.61. The molecule has 3 rings (SSSR count). The lowest BCUT2D eigenvalue weighted by Gasteiger charge is -2.49. The summed E-state index contributed by atoms with van der Waals surface area (Å²) in [6.07, 6.45) is -4.99. The van der Waals surface area contributed by atoms with Crippen molar-refractivity contribution in [3.63, 3.8) is 0 Å². The first-order valence-corrected chi connectivity index (χ1v) is 18.5. The molecule has 51 heavy (non-hydrogen) atoms. The summed E-state index contributed by atoms with van der Waals surface area (Å²) in [6.45, 7) is 17.6. The zero-order chi connectivity index (χ0) is 38.8. The molecule has 0 amide bonds. The van der Waals surface area contributed by atoms with E-state index in [0.717, 1.165) is 0 Å². The SMILES string of the molecule is CC[C@H]1OC(=O)[C@H](C)[C@@H](O[C@@H]2C[C@@](C)(OC)[C@@H](O)[C@H](C)O2)[C@H](C)[C@@H](O[C@@H]2O[C@H](C)C[C@H](N(C)C)[C@H]2O)[C@](C)(OC)C[C@@H](C)C(=O)/C(C)=C/[C@]1(C)O. The zero-order valence-electron chi connectivity index (χ0n) is 33.4. The highest BCUT2D eigenvalue weighted by Gasteiger charge is 2.52. The third-order valence-corrected chi connectivity index (χ3v) is 11.6. The van der Waals surface area contributed by atoms with Gasteiger partial charge in [-0.15, -0.1) is 0 Å². The van der Waals surface area contributed by atoms with Crippen LogP contribution >= 0.6 is 0 Å². The Hall–Kier alpha value is -1.52. The summed E-state index contributed by atoms with van der Waals surface area (Å²) < 4.78 is 44.0. The van der Waals surface area contributed by atoms with E-state index in [1.807, 2.05) is 39.8 Å².